The third kappa shape index (κ3) is 4.15. The van der Waals surface area contributed by atoms with Gasteiger partial charge in [-0.3, -0.25) is 0 Å². The van der Waals surface area contributed by atoms with Gasteiger partial charge < -0.3 is 45.1 Å². The number of aliphatic hydroxyl groups excluding tert-OH is 4. The molecule has 2 saturated heterocycles. The zero-order chi connectivity index (χ0) is 18.7. The predicted octanol–water partition coefficient (Wildman–Crippen LogP) is -1.84. The van der Waals surface area contributed by atoms with Gasteiger partial charge in [0.1, 0.15) is 12.2 Å². The van der Waals surface area contributed by atoms with Crippen molar-refractivity contribution in [1.29, 1.82) is 0 Å². The monoisotopic (exact) mass is 365 g/mol. The van der Waals surface area contributed by atoms with Gasteiger partial charge in [0, 0.05) is 18.9 Å². The lowest BCUT2D eigenvalue weighted by molar-refractivity contribution is -0.331. The Kier molecular flexibility index (Phi) is 7.56. The van der Waals surface area contributed by atoms with Crippen LogP contribution in [0.5, 0.6) is 0 Å². The summed E-state index contributed by atoms with van der Waals surface area (Å²) < 4.78 is 22.3. The van der Waals surface area contributed by atoms with Crippen molar-refractivity contribution in [3.05, 3.63) is 0 Å². The zero-order valence-corrected chi connectivity index (χ0v) is 14.9. The highest BCUT2D eigenvalue weighted by atomic mass is 16.7. The summed E-state index contributed by atoms with van der Waals surface area (Å²) in [5.74, 6) is -0.711. The van der Waals surface area contributed by atoms with Gasteiger partial charge in [0.15, 0.2) is 12.6 Å². The van der Waals surface area contributed by atoms with Crippen molar-refractivity contribution in [3.8, 4) is 0 Å². The van der Waals surface area contributed by atoms with Crippen LogP contribution in [0.3, 0.4) is 0 Å². The molecule has 0 aromatic heterocycles. The van der Waals surface area contributed by atoms with Crippen LogP contribution in [-0.4, -0.2) is 89.9 Å². The fourth-order valence-electron chi connectivity index (χ4n) is 3.63. The fraction of sp³-hybridized carbons (Fsp3) is 1.00. The Morgan fingerprint density at radius 3 is 2.12 bits per heavy atom. The molecule has 25 heavy (non-hydrogen) atoms. The van der Waals surface area contributed by atoms with E-state index in [4.69, 9.17) is 24.7 Å². The van der Waals surface area contributed by atoms with E-state index in [0.29, 0.717) is 6.42 Å². The lowest BCUT2D eigenvalue weighted by Crippen LogP contribution is -2.63. The number of nitrogens with two attached hydrogens (primary N) is 1. The lowest BCUT2D eigenvalue weighted by Gasteiger charge is -2.47. The van der Waals surface area contributed by atoms with Crippen molar-refractivity contribution in [1.82, 2.24) is 0 Å². The van der Waals surface area contributed by atoms with Crippen molar-refractivity contribution >= 4 is 0 Å². The summed E-state index contributed by atoms with van der Waals surface area (Å²) in [6.07, 6.45) is -5.39. The maximum Gasteiger partial charge on any atom is 0.176 e. The first-order chi connectivity index (χ1) is 11.9. The van der Waals surface area contributed by atoms with Crippen LogP contribution in [0.4, 0.5) is 0 Å². The van der Waals surface area contributed by atoms with Crippen LogP contribution >= 0.6 is 0 Å². The van der Waals surface area contributed by atoms with E-state index in [1.54, 1.807) is 6.92 Å². The molecule has 2 aliphatic heterocycles. The van der Waals surface area contributed by atoms with E-state index in [2.05, 4.69) is 0 Å². The van der Waals surface area contributed by atoms with Gasteiger partial charge in [-0.1, -0.05) is 13.8 Å². The highest BCUT2D eigenvalue weighted by Crippen LogP contribution is 2.33. The molecule has 2 rings (SSSR count). The van der Waals surface area contributed by atoms with Gasteiger partial charge in [-0.2, -0.15) is 0 Å². The molecule has 0 amide bonds. The molecule has 2 heterocycles. The number of hydrogen-bond donors (Lipinski definition) is 5. The number of rotatable bonds is 6. The molecule has 6 N–H and O–H groups in total. The molecule has 0 radical (unpaired) electrons. The number of hydrogen-bond acceptors (Lipinski definition) is 9. The third-order valence-corrected chi connectivity index (χ3v) is 5.27. The molecule has 9 nitrogen and oxygen atoms in total. The molecule has 10 atom stereocenters. The summed E-state index contributed by atoms with van der Waals surface area (Å²) >= 11 is 0. The summed E-state index contributed by atoms with van der Waals surface area (Å²) in [5, 5.41) is 40.0. The maximum absolute atomic E-state index is 10.5. The van der Waals surface area contributed by atoms with Crippen LogP contribution < -0.4 is 5.73 Å². The first kappa shape index (κ1) is 20.9. The molecule has 9 heteroatoms. The molecule has 0 aromatic carbocycles. The van der Waals surface area contributed by atoms with E-state index in [1.165, 1.54) is 7.11 Å². The summed E-state index contributed by atoms with van der Waals surface area (Å²) in [6, 6.07) is -0.852. The summed E-state index contributed by atoms with van der Waals surface area (Å²) in [5.41, 5.74) is 6.05. The van der Waals surface area contributed by atoms with Gasteiger partial charge >= 0.3 is 0 Å². The Hall–Kier alpha value is -0.360. The van der Waals surface area contributed by atoms with Crippen molar-refractivity contribution in [2.45, 2.75) is 69.4 Å². The highest BCUT2D eigenvalue weighted by Gasteiger charge is 2.49. The van der Waals surface area contributed by atoms with Crippen LogP contribution in [0, 0.1) is 11.8 Å². The van der Waals surface area contributed by atoms with Gasteiger partial charge in [-0.25, -0.2) is 0 Å². The molecule has 148 valence electrons. The smallest absolute Gasteiger partial charge is 0.176 e. The Balaban J connectivity index is 2.13. The van der Waals surface area contributed by atoms with E-state index in [-0.39, 0.29) is 19.1 Å². The minimum Gasteiger partial charge on any atom is -0.394 e. The standard InChI is InChI=1S/C16H31NO8/c1-4-8-9(5-18)23-16(11(17)13(8)21)25-14-10(6-19)24-15(22-3)7(2)12(14)20/h7-16,18-21H,4-6,17H2,1-3H3. The van der Waals surface area contributed by atoms with Crippen molar-refractivity contribution in [2.75, 3.05) is 20.3 Å². The normalized spacial score (nSPS) is 48.5. The van der Waals surface area contributed by atoms with Gasteiger partial charge in [0.25, 0.3) is 0 Å². The molecule has 10 unspecified atom stereocenters. The van der Waals surface area contributed by atoms with E-state index in [0.717, 1.165) is 0 Å². The SMILES string of the molecule is CCC1C(CO)OC(OC2C(CO)OC(OC)C(C)C2O)C(N)C1O. The van der Waals surface area contributed by atoms with E-state index >= 15 is 0 Å². The highest BCUT2D eigenvalue weighted by molar-refractivity contribution is 4.94. The number of ether oxygens (including phenoxy) is 4. The van der Waals surface area contributed by atoms with E-state index in [1.807, 2.05) is 6.92 Å². The van der Waals surface area contributed by atoms with Crippen molar-refractivity contribution in [3.63, 3.8) is 0 Å². The van der Waals surface area contributed by atoms with Crippen LogP contribution in [0.2, 0.25) is 0 Å². The minimum absolute atomic E-state index is 0.280. The molecule has 0 aromatic rings. The topological polar surface area (TPSA) is 144 Å². The van der Waals surface area contributed by atoms with Crippen molar-refractivity contribution in [2.24, 2.45) is 17.6 Å². The molecule has 0 aliphatic carbocycles. The molecule has 0 saturated carbocycles. The Morgan fingerprint density at radius 1 is 1.00 bits per heavy atom. The number of aliphatic hydroxyl groups is 4. The Morgan fingerprint density at radius 2 is 1.60 bits per heavy atom. The average molecular weight is 365 g/mol. The molecule has 2 aliphatic rings. The first-order valence-corrected chi connectivity index (χ1v) is 8.72. The van der Waals surface area contributed by atoms with Gasteiger partial charge in [-0.15, -0.1) is 0 Å². The summed E-state index contributed by atoms with van der Waals surface area (Å²) in [7, 11) is 1.46. The average Bonchev–Trinajstić information content (AvgIpc) is 2.62. The molecule has 0 spiro atoms. The number of methoxy groups -OCH3 is 1. The second kappa shape index (κ2) is 9.03. The molecular weight excluding hydrogens is 334 g/mol. The molecule has 0 bridgehead atoms. The van der Waals surface area contributed by atoms with Crippen LogP contribution in [0.25, 0.3) is 0 Å². The Bertz CT molecular complexity index is 410. The first-order valence-electron chi connectivity index (χ1n) is 8.72. The third-order valence-electron chi connectivity index (χ3n) is 5.27. The quantitative estimate of drug-likeness (QED) is 0.367. The van der Waals surface area contributed by atoms with Gasteiger partial charge in [0.05, 0.1) is 37.6 Å². The molecule has 2 fully saturated rings. The minimum atomic E-state index is -1.04. The lowest BCUT2D eigenvalue weighted by atomic mass is 9.86. The second-order valence-electron chi connectivity index (χ2n) is 6.78. The van der Waals surface area contributed by atoms with Crippen LogP contribution in [0.1, 0.15) is 20.3 Å². The second-order valence-corrected chi connectivity index (χ2v) is 6.78. The summed E-state index contributed by atoms with van der Waals surface area (Å²) in [4.78, 5) is 0. The Labute approximate surface area is 147 Å². The van der Waals surface area contributed by atoms with E-state index < -0.39 is 55.1 Å². The fourth-order valence-corrected chi connectivity index (χ4v) is 3.63. The zero-order valence-electron chi connectivity index (χ0n) is 14.9. The van der Waals surface area contributed by atoms with Gasteiger partial charge in [0.2, 0.25) is 0 Å². The summed E-state index contributed by atoms with van der Waals surface area (Å²) in [6.45, 7) is 2.95. The van der Waals surface area contributed by atoms with Gasteiger partial charge in [-0.05, 0) is 6.42 Å². The largest absolute Gasteiger partial charge is 0.394 e. The van der Waals surface area contributed by atoms with Crippen LogP contribution in [0.15, 0.2) is 0 Å². The predicted molar refractivity (Wildman–Crippen MR) is 86.3 cm³/mol. The van der Waals surface area contributed by atoms with Crippen molar-refractivity contribution < 1.29 is 39.4 Å². The van der Waals surface area contributed by atoms with Crippen LogP contribution in [-0.2, 0) is 18.9 Å². The maximum atomic E-state index is 10.5. The molecular formula is C16H31NO8. The van der Waals surface area contributed by atoms with E-state index in [9.17, 15) is 20.4 Å².